The highest BCUT2D eigenvalue weighted by atomic mass is 16.5. The third kappa shape index (κ3) is 5.33. The lowest BCUT2D eigenvalue weighted by atomic mass is 9.95. The molecule has 2 heteroatoms. The topological polar surface area (TPSA) is 40.5 Å². The molecule has 0 aromatic heterocycles. The summed E-state index contributed by atoms with van der Waals surface area (Å²) in [6.07, 6.45) is 11.9. The summed E-state index contributed by atoms with van der Waals surface area (Å²) in [6, 6.07) is 0. The molecule has 2 aliphatic rings. The Kier molecular flexibility index (Phi) is 5.34. The van der Waals surface area contributed by atoms with Crippen LogP contribution < -0.4 is 0 Å². The van der Waals surface area contributed by atoms with Crippen molar-refractivity contribution in [3.05, 3.63) is 12.7 Å². The fourth-order valence-electron chi connectivity index (χ4n) is 2.31. The van der Waals surface area contributed by atoms with Crippen molar-refractivity contribution in [1.82, 2.24) is 0 Å². The van der Waals surface area contributed by atoms with Gasteiger partial charge in [0.15, 0.2) is 5.79 Å². The third-order valence-corrected chi connectivity index (χ3v) is 3.39. The van der Waals surface area contributed by atoms with Gasteiger partial charge in [-0.15, -0.1) is 6.58 Å². The summed E-state index contributed by atoms with van der Waals surface area (Å²) >= 11 is 0. The van der Waals surface area contributed by atoms with Gasteiger partial charge >= 0.3 is 0 Å². The van der Waals surface area contributed by atoms with Crippen molar-refractivity contribution >= 4 is 0 Å². The van der Waals surface area contributed by atoms with E-state index >= 15 is 0 Å². The molecule has 0 radical (unpaired) electrons. The maximum absolute atomic E-state index is 8.93. The molecule has 0 saturated heterocycles. The zero-order valence-corrected chi connectivity index (χ0v) is 9.62. The predicted octanol–water partition coefficient (Wildman–Crippen LogP) is 2.99. The van der Waals surface area contributed by atoms with Crippen LogP contribution >= 0.6 is 0 Å². The van der Waals surface area contributed by atoms with E-state index in [0.29, 0.717) is 12.8 Å². The lowest BCUT2D eigenvalue weighted by Gasteiger charge is -2.25. The minimum Gasteiger partial charge on any atom is -0.366 e. The van der Waals surface area contributed by atoms with E-state index in [0.717, 1.165) is 25.2 Å². The molecule has 0 aliphatic heterocycles. The van der Waals surface area contributed by atoms with E-state index in [1.807, 2.05) is 0 Å². The van der Waals surface area contributed by atoms with E-state index in [4.69, 9.17) is 10.2 Å². The first kappa shape index (κ1) is 12.7. The molecular formula is C13H24O2. The Balaban J connectivity index is 0.000000151. The van der Waals surface area contributed by atoms with Crippen molar-refractivity contribution in [2.24, 2.45) is 5.92 Å². The lowest BCUT2D eigenvalue weighted by molar-refractivity contribution is -0.180. The van der Waals surface area contributed by atoms with Gasteiger partial charge < -0.3 is 10.2 Å². The monoisotopic (exact) mass is 212 g/mol. The molecule has 2 nitrogen and oxygen atoms in total. The number of aliphatic hydroxyl groups is 2. The average Bonchev–Trinajstić information content (AvgIpc) is 2.70. The fourth-order valence-corrected chi connectivity index (χ4v) is 2.31. The van der Waals surface area contributed by atoms with Crippen molar-refractivity contribution in [2.75, 3.05) is 0 Å². The molecule has 0 spiro atoms. The normalized spacial score (nSPS) is 25.5. The van der Waals surface area contributed by atoms with Crippen LogP contribution in [0.3, 0.4) is 0 Å². The van der Waals surface area contributed by atoms with Gasteiger partial charge in [-0.3, -0.25) is 0 Å². The molecule has 0 aromatic rings. The first-order chi connectivity index (χ1) is 7.14. The Morgan fingerprint density at radius 2 is 1.47 bits per heavy atom. The molecule has 15 heavy (non-hydrogen) atoms. The van der Waals surface area contributed by atoms with Crippen LogP contribution in [-0.4, -0.2) is 16.0 Å². The molecule has 2 rings (SSSR count). The molecule has 2 N–H and O–H groups in total. The van der Waals surface area contributed by atoms with Crippen LogP contribution in [0.5, 0.6) is 0 Å². The number of rotatable bonds is 1. The van der Waals surface area contributed by atoms with Crippen molar-refractivity contribution in [3.8, 4) is 0 Å². The molecule has 88 valence electrons. The van der Waals surface area contributed by atoms with E-state index in [1.165, 1.54) is 25.7 Å². The van der Waals surface area contributed by atoms with Crippen LogP contribution in [0.4, 0.5) is 0 Å². The summed E-state index contributed by atoms with van der Waals surface area (Å²) < 4.78 is 0. The van der Waals surface area contributed by atoms with E-state index in [-0.39, 0.29) is 0 Å². The maximum Gasteiger partial charge on any atom is 0.162 e. The van der Waals surface area contributed by atoms with Gasteiger partial charge in [0.25, 0.3) is 0 Å². The first-order valence-corrected chi connectivity index (χ1v) is 6.21. The molecular weight excluding hydrogens is 188 g/mol. The number of allylic oxidation sites excluding steroid dienone is 1. The van der Waals surface area contributed by atoms with Gasteiger partial charge in [0, 0.05) is 12.8 Å². The van der Waals surface area contributed by atoms with Crippen molar-refractivity contribution in [2.45, 2.75) is 63.6 Å². The van der Waals surface area contributed by atoms with Crippen LogP contribution in [0.1, 0.15) is 57.8 Å². The second kappa shape index (κ2) is 6.29. The van der Waals surface area contributed by atoms with Gasteiger partial charge in [-0.05, 0) is 31.6 Å². The number of hydrogen-bond acceptors (Lipinski definition) is 2. The minimum atomic E-state index is -1.32. The van der Waals surface area contributed by atoms with Crippen LogP contribution in [0.15, 0.2) is 12.7 Å². The van der Waals surface area contributed by atoms with E-state index < -0.39 is 5.79 Å². The second-order valence-electron chi connectivity index (χ2n) is 4.82. The molecule has 2 fully saturated rings. The summed E-state index contributed by atoms with van der Waals surface area (Å²) in [5, 5.41) is 17.9. The van der Waals surface area contributed by atoms with Gasteiger partial charge in [-0.2, -0.15) is 0 Å². The van der Waals surface area contributed by atoms with Crippen LogP contribution in [-0.2, 0) is 0 Å². The summed E-state index contributed by atoms with van der Waals surface area (Å²) in [4.78, 5) is 0. The maximum atomic E-state index is 8.93. The highest BCUT2D eigenvalue weighted by Gasteiger charge is 2.24. The Morgan fingerprint density at radius 1 is 0.933 bits per heavy atom. The first-order valence-electron chi connectivity index (χ1n) is 6.21. The standard InChI is InChI=1S/C7H12.C6H12O2/c1-2-7-5-3-4-6-7;7-6(8)4-2-1-3-5-6/h2,7H,1,3-6H2;7-8H,1-5H2. The summed E-state index contributed by atoms with van der Waals surface area (Å²) in [5.74, 6) is -0.460. The zero-order chi connectivity index (χ0) is 11.1. The van der Waals surface area contributed by atoms with Crippen molar-refractivity contribution in [1.29, 1.82) is 0 Å². The van der Waals surface area contributed by atoms with E-state index in [1.54, 1.807) is 0 Å². The Morgan fingerprint density at radius 3 is 1.73 bits per heavy atom. The highest BCUT2D eigenvalue weighted by molar-refractivity contribution is 4.82. The molecule has 0 aromatic carbocycles. The van der Waals surface area contributed by atoms with Crippen molar-refractivity contribution in [3.63, 3.8) is 0 Å². The third-order valence-electron chi connectivity index (χ3n) is 3.39. The molecule has 0 atom stereocenters. The molecule has 0 unspecified atom stereocenters. The highest BCUT2D eigenvalue weighted by Crippen LogP contribution is 2.25. The molecule has 0 bridgehead atoms. The Labute approximate surface area is 93.0 Å². The van der Waals surface area contributed by atoms with Gasteiger partial charge in [0.1, 0.15) is 0 Å². The lowest BCUT2D eigenvalue weighted by Crippen LogP contribution is -2.30. The largest absolute Gasteiger partial charge is 0.366 e. The second-order valence-corrected chi connectivity index (χ2v) is 4.82. The fraction of sp³-hybridized carbons (Fsp3) is 0.846. The Hall–Kier alpha value is -0.340. The van der Waals surface area contributed by atoms with Crippen LogP contribution in [0.25, 0.3) is 0 Å². The smallest absolute Gasteiger partial charge is 0.162 e. The zero-order valence-electron chi connectivity index (χ0n) is 9.62. The van der Waals surface area contributed by atoms with Gasteiger partial charge in [-0.1, -0.05) is 25.3 Å². The molecule has 0 heterocycles. The summed E-state index contributed by atoms with van der Waals surface area (Å²) in [5.41, 5.74) is 0. The van der Waals surface area contributed by atoms with Crippen molar-refractivity contribution < 1.29 is 10.2 Å². The summed E-state index contributed by atoms with van der Waals surface area (Å²) in [7, 11) is 0. The van der Waals surface area contributed by atoms with E-state index in [9.17, 15) is 0 Å². The SMILES string of the molecule is C=CC1CCCC1.OC1(O)CCCCC1. The predicted molar refractivity (Wildman–Crippen MR) is 62.4 cm³/mol. The number of hydrogen-bond donors (Lipinski definition) is 2. The molecule has 0 amide bonds. The summed E-state index contributed by atoms with van der Waals surface area (Å²) in [6.45, 7) is 3.74. The minimum absolute atomic E-state index is 0.562. The Bertz CT molecular complexity index is 173. The average molecular weight is 212 g/mol. The van der Waals surface area contributed by atoms with Gasteiger partial charge in [0.2, 0.25) is 0 Å². The van der Waals surface area contributed by atoms with Crippen LogP contribution in [0, 0.1) is 5.92 Å². The van der Waals surface area contributed by atoms with E-state index in [2.05, 4.69) is 12.7 Å². The quantitative estimate of drug-likeness (QED) is 0.518. The molecule has 2 saturated carbocycles. The van der Waals surface area contributed by atoms with Gasteiger partial charge in [-0.25, -0.2) is 0 Å². The molecule has 2 aliphatic carbocycles. The van der Waals surface area contributed by atoms with Crippen LogP contribution in [0.2, 0.25) is 0 Å². The van der Waals surface area contributed by atoms with Gasteiger partial charge in [0.05, 0.1) is 0 Å².